The second kappa shape index (κ2) is 8.49. The highest BCUT2D eigenvalue weighted by molar-refractivity contribution is 7.99. The molecule has 0 aliphatic carbocycles. The van der Waals surface area contributed by atoms with Crippen molar-refractivity contribution in [2.75, 3.05) is 12.3 Å². The summed E-state index contributed by atoms with van der Waals surface area (Å²) in [5.74, 6) is 1.13. The fourth-order valence-corrected chi connectivity index (χ4v) is 2.82. The number of phenols is 1. The lowest BCUT2D eigenvalue weighted by Crippen LogP contribution is -2.25. The first-order valence-corrected chi connectivity index (χ1v) is 8.37. The van der Waals surface area contributed by atoms with E-state index in [-0.39, 0.29) is 11.7 Å². The topological polar surface area (TPSA) is 49.3 Å². The summed E-state index contributed by atoms with van der Waals surface area (Å²) in [6.07, 6.45) is 0.955. The predicted octanol–water partition coefficient (Wildman–Crippen LogP) is 3.54. The van der Waals surface area contributed by atoms with Crippen LogP contribution in [0.3, 0.4) is 0 Å². The van der Waals surface area contributed by atoms with Gasteiger partial charge in [-0.2, -0.15) is 0 Å². The van der Waals surface area contributed by atoms with Crippen LogP contribution >= 0.6 is 11.8 Å². The Hall–Kier alpha value is -1.94. The van der Waals surface area contributed by atoms with E-state index in [9.17, 15) is 9.90 Å². The molecule has 0 aliphatic rings. The van der Waals surface area contributed by atoms with Crippen LogP contribution in [0, 0.1) is 6.92 Å². The van der Waals surface area contributed by atoms with Gasteiger partial charge in [-0.25, -0.2) is 0 Å². The van der Waals surface area contributed by atoms with Crippen molar-refractivity contribution < 1.29 is 9.90 Å². The smallest absolute Gasteiger partial charge is 0.220 e. The first-order valence-electron chi connectivity index (χ1n) is 7.38. The molecule has 0 saturated carbocycles. The highest BCUT2D eigenvalue weighted by Crippen LogP contribution is 2.18. The molecule has 0 saturated heterocycles. The van der Waals surface area contributed by atoms with Crippen molar-refractivity contribution >= 4 is 17.7 Å². The number of carbonyl (C=O) groups excluding carboxylic acids is 1. The van der Waals surface area contributed by atoms with Crippen LogP contribution in [-0.4, -0.2) is 23.3 Å². The monoisotopic (exact) mass is 315 g/mol. The lowest BCUT2D eigenvalue weighted by molar-refractivity contribution is -0.120. The van der Waals surface area contributed by atoms with E-state index in [1.807, 2.05) is 12.1 Å². The fraction of sp³-hybridized carbons (Fsp3) is 0.278. The molecule has 2 N–H and O–H groups in total. The Balaban J connectivity index is 1.64. The van der Waals surface area contributed by atoms with Crippen LogP contribution in [0.15, 0.2) is 53.4 Å². The first kappa shape index (κ1) is 16.4. The lowest BCUT2D eigenvalue weighted by atomic mass is 10.1. The molecule has 0 atom stereocenters. The van der Waals surface area contributed by atoms with Crippen molar-refractivity contribution in [3.8, 4) is 5.75 Å². The van der Waals surface area contributed by atoms with E-state index in [4.69, 9.17) is 0 Å². The van der Waals surface area contributed by atoms with E-state index in [2.05, 4.69) is 36.5 Å². The van der Waals surface area contributed by atoms with Gasteiger partial charge < -0.3 is 10.4 Å². The Morgan fingerprint density at radius 1 is 1.14 bits per heavy atom. The predicted molar refractivity (Wildman–Crippen MR) is 91.3 cm³/mol. The lowest BCUT2D eigenvalue weighted by Gasteiger charge is -2.06. The van der Waals surface area contributed by atoms with Crippen LogP contribution in [0.4, 0.5) is 0 Å². The van der Waals surface area contributed by atoms with Crippen molar-refractivity contribution in [2.24, 2.45) is 0 Å². The number of aromatic hydroxyl groups is 1. The number of benzene rings is 2. The number of carbonyl (C=O) groups is 1. The Morgan fingerprint density at radius 2 is 1.86 bits per heavy atom. The zero-order chi connectivity index (χ0) is 15.8. The number of rotatable bonds is 7. The summed E-state index contributed by atoms with van der Waals surface area (Å²) in [5, 5.41) is 12.6. The summed E-state index contributed by atoms with van der Waals surface area (Å²) in [7, 11) is 0. The number of hydrogen-bond acceptors (Lipinski definition) is 3. The minimum absolute atomic E-state index is 0.0211. The summed E-state index contributed by atoms with van der Waals surface area (Å²) in [6.45, 7) is 2.72. The maximum Gasteiger partial charge on any atom is 0.220 e. The molecule has 1 amide bonds. The Kier molecular flexibility index (Phi) is 6.34. The van der Waals surface area contributed by atoms with E-state index >= 15 is 0 Å². The maximum atomic E-state index is 11.8. The molecule has 0 heterocycles. The highest BCUT2D eigenvalue weighted by atomic mass is 32.2. The van der Waals surface area contributed by atoms with Gasteiger partial charge in [-0.3, -0.25) is 4.79 Å². The van der Waals surface area contributed by atoms with Gasteiger partial charge in [0.05, 0.1) is 0 Å². The van der Waals surface area contributed by atoms with E-state index < -0.39 is 0 Å². The molecule has 0 radical (unpaired) electrons. The molecule has 0 fully saturated rings. The van der Waals surface area contributed by atoms with Gasteiger partial charge >= 0.3 is 0 Å². The van der Waals surface area contributed by atoms with Gasteiger partial charge in [0.15, 0.2) is 0 Å². The van der Waals surface area contributed by atoms with Crippen LogP contribution in [0.1, 0.15) is 17.5 Å². The van der Waals surface area contributed by atoms with Crippen LogP contribution in [0.25, 0.3) is 0 Å². The molecule has 2 rings (SSSR count). The van der Waals surface area contributed by atoms with E-state index in [0.29, 0.717) is 19.4 Å². The van der Waals surface area contributed by atoms with Gasteiger partial charge in [0.25, 0.3) is 0 Å². The SMILES string of the molecule is Cc1ccc(SCCNC(=O)CCc2ccccc2O)cc1. The average Bonchev–Trinajstić information content (AvgIpc) is 2.52. The summed E-state index contributed by atoms with van der Waals surface area (Å²) in [6, 6.07) is 15.5. The first-order chi connectivity index (χ1) is 10.6. The Labute approximate surface area is 135 Å². The minimum atomic E-state index is 0.0211. The van der Waals surface area contributed by atoms with Crippen molar-refractivity contribution in [2.45, 2.75) is 24.7 Å². The van der Waals surface area contributed by atoms with Crippen LogP contribution in [0.2, 0.25) is 0 Å². The molecule has 0 bridgehead atoms. The zero-order valence-electron chi connectivity index (χ0n) is 12.7. The largest absolute Gasteiger partial charge is 0.508 e. The van der Waals surface area contributed by atoms with Crippen LogP contribution in [0.5, 0.6) is 5.75 Å². The second-order valence-electron chi connectivity index (χ2n) is 5.14. The molecule has 0 unspecified atom stereocenters. The van der Waals surface area contributed by atoms with Gasteiger partial charge in [0, 0.05) is 23.6 Å². The van der Waals surface area contributed by atoms with Crippen LogP contribution < -0.4 is 5.32 Å². The molecular weight excluding hydrogens is 294 g/mol. The number of amides is 1. The quantitative estimate of drug-likeness (QED) is 0.607. The molecule has 0 aliphatic heterocycles. The van der Waals surface area contributed by atoms with Gasteiger partial charge in [-0.05, 0) is 37.1 Å². The van der Waals surface area contributed by atoms with E-state index in [0.717, 1.165) is 11.3 Å². The number of phenolic OH excluding ortho intramolecular Hbond substituents is 1. The fourth-order valence-electron chi connectivity index (χ4n) is 2.05. The van der Waals surface area contributed by atoms with Crippen molar-refractivity contribution in [3.63, 3.8) is 0 Å². The van der Waals surface area contributed by atoms with Crippen LogP contribution in [-0.2, 0) is 11.2 Å². The third-order valence-corrected chi connectivity index (χ3v) is 4.34. The van der Waals surface area contributed by atoms with Gasteiger partial charge in [0.2, 0.25) is 5.91 Å². The van der Waals surface area contributed by atoms with Crippen molar-refractivity contribution in [1.82, 2.24) is 5.32 Å². The minimum Gasteiger partial charge on any atom is -0.508 e. The van der Waals surface area contributed by atoms with Crippen molar-refractivity contribution in [3.05, 3.63) is 59.7 Å². The van der Waals surface area contributed by atoms with Crippen molar-refractivity contribution in [1.29, 1.82) is 0 Å². The molecule has 4 heteroatoms. The molecule has 2 aromatic rings. The molecule has 3 nitrogen and oxygen atoms in total. The number of aryl methyl sites for hydroxylation is 2. The van der Waals surface area contributed by atoms with E-state index in [1.54, 1.807) is 23.9 Å². The number of hydrogen-bond donors (Lipinski definition) is 2. The number of para-hydroxylation sites is 1. The number of thioether (sulfide) groups is 1. The molecule has 22 heavy (non-hydrogen) atoms. The number of nitrogens with one attached hydrogen (secondary N) is 1. The average molecular weight is 315 g/mol. The van der Waals surface area contributed by atoms with Gasteiger partial charge in [-0.1, -0.05) is 35.9 Å². The summed E-state index contributed by atoms with van der Waals surface area (Å²) in [5.41, 5.74) is 2.06. The molecule has 0 aromatic heterocycles. The molecular formula is C18H21NO2S. The normalized spacial score (nSPS) is 10.4. The standard InChI is InChI=1S/C18H21NO2S/c1-14-6-9-16(10-7-14)22-13-12-19-18(21)11-8-15-4-2-3-5-17(15)20/h2-7,9-10,20H,8,11-13H2,1H3,(H,19,21). The van der Waals surface area contributed by atoms with Gasteiger partial charge in [-0.15, -0.1) is 11.8 Å². The second-order valence-corrected chi connectivity index (χ2v) is 6.31. The van der Waals surface area contributed by atoms with E-state index in [1.165, 1.54) is 10.5 Å². The zero-order valence-corrected chi connectivity index (χ0v) is 13.5. The maximum absolute atomic E-state index is 11.8. The third-order valence-electron chi connectivity index (χ3n) is 3.33. The molecule has 0 spiro atoms. The molecule has 2 aromatic carbocycles. The van der Waals surface area contributed by atoms with Gasteiger partial charge in [0.1, 0.15) is 5.75 Å². The summed E-state index contributed by atoms with van der Waals surface area (Å²) < 4.78 is 0. The Morgan fingerprint density at radius 3 is 2.59 bits per heavy atom. The highest BCUT2D eigenvalue weighted by Gasteiger charge is 2.04. The molecule has 116 valence electrons. The third kappa shape index (κ3) is 5.45. The summed E-state index contributed by atoms with van der Waals surface area (Å²) in [4.78, 5) is 13.0. The summed E-state index contributed by atoms with van der Waals surface area (Å²) >= 11 is 1.73. The Bertz CT molecular complexity index is 611.